The van der Waals surface area contributed by atoms with Crippen LogP contribution in [0.4, 0.5) is 13.2 Å². The summed E-state index contributed by atoms with van der Waals surface area (Å²) in [6, 6.07) is 10.6. The number of guanidine groups is 1. The lowest BCUT2D eigenvalue weighted by Gasteiger charge is -2.39. The largest absolute Gasteiger partial charge is 0.411 e. The Kier molecular flexibility index (Phi) is 10.4. The standard InChI is InChI=1S/C19H28F3N3O.HI/c1-15-13-25(11-9-17(15)16-7-4-3-5-8-16)18(23-2)24-10-6-12-26-14-19(20,21)22;/h3-5,7-8,15,17H,6,9-14H2,1-2H3,(H,23,24);1H. The molecule has 1 aliphatic rings. The molecule has 27 heavy (non-hydrogen) atoms. The normalized spacial score (nSPS) is 20.9. The summed E-state index contributed by atoms with van der Waals surface area (Å²) in [6.45, 7) is 3.50. The van der Waals surface area contributed by atoms with Gasteiger partial charge in [0, 0.05) is 33.3 Å². The molecule has 2 unspecified atom stereocenters. The summed E-state index contributed by atoms with van der Waals surface area (Å²) in [5, 5.41) is 3.23. The van der Waals surface area contributed by atoms with E-state index in [0.29, 0.717) is 24.8 Å². The van der Waals surface area contributed by atoms with Crippen LogP contribution in [0.5, 0.6) is 0 Å². The maximum absolute atomic E-state index is 12.0. The van der Waals surface area contributed by atoms with Crippen LogP contribution >= 0.6 is 24.0 Å². The van der Waals surface area contributed by atoms with Gasteiger partial charge in [0.1, 0.15) is 6.61 Å². The molecule has 0 aromatic heterocycles. The average Bonchev–Trinajstić information content (AvgIpc) is 2.61. The van der Waals surface area contributed by atoms with Crippen LogP contribution in [-0.4, -0.2) is 56.9 Å². The maximum Gasteiger partial charge on any atom is 0.411 e. The van der Waals surface area contributed by atoms with E-state index < -0.39 is 12.8 Å². The second kappa shape index (κ2) is 11.7. The molecule has 0 radical (unpaired) electrons. The molecular weight excluding hydrogens is 470 g/mol. The lowest BCUT2D eigenvalue weighted by atomic mass is 9.82. The second-order valence-electron chi connectivity index (χ2n) is 6.72. The summed E-state index contributed by atoms with van der Waals surface area (Å²) in [5.41, 5.74) is 1.38. The molecule has 1 fully saturated rings. The molecule has 0 amide bonds. The van der Waals surface area contributed by atoms with Gasteiger partial charge in [-0.15, -0.1) is 24.0 Å². The fourth-order valence-electron chi connectivity index (χ4n) is 3.43. The van der Waals surface area contributed by atoms with E-state index in [4.69, 9.17) is 0 Å². The Bertz CT molecular complexity index is 569. The van der Waals surface area contributed by atoms with Crippen molar-refractivity contribution in [3.63, 3.8) is 0 Å². The molecule has 1 N–H and O–H groups in total. The first-order valence-electron chi connectivity index (χ1n) is 9.05. The van der Waals surface area contributed by atoms with E-state index in [2.05, 4.69) is 51.1 Å². The van der Waals surface area contributed by atoms with Gasteiger partial charge in [0.05, 0.1) is 0 Å². The molecule has 1 aliphatic heterocycles. The monoisotopic (exact) mass is 499 g/mol. The van der Waals surface area contributed by atoms with Crippen LogP contribution in [0.1, 0.15) is 31.2 Å². The summed E-state index contributed by atoms with van der Waals surface area (Å²) in [4.78, 5) is 6.53. The second-order valence-corrected chi connectivity index (χ2v) is 6.72. The van der Waals surface area contributed by atoms with Gasteiger partial charge in [-0.25, -0.2) is 0 Å². The van der Waals surface area contributed by atoms with E-state index >= 15 is 0 Å². The SMILES string of the molecule is CN=C(NCCCOCC(F)(F)F)N1CCC(c2ccccc2)C(C)C1.I. The highest BCUT2D eigenvalue weighted by molar-refractivity contribution is 14.0. The molecule has 4 nitrogen and oxygen atoms in total. The van der Waals surface area contributed by atoms with Crippen molar-refractivity contribution in [2.45, 2.75) is 31.9 Å². The molecule has 2 rings (SSSR count). The summed E-state index contributed by atoms with van der Waals surface area (Å²) >= 11 is 0. The average molecular weight is 499 g/mol. The highest BCUT2D eigenvalue weighted by Gasteiger charge is 2.29. The van der Waals surface area contributed by atoms with Gasteiger partial charge in [-0.05, 0) is 30.2 Å². The van der Waals surface area contributed by atoms with Gasteiger partial charge in [-0.1, -0.05) is 37.3 Å². The zero-order valence-corrected chi connectivity index (χ0v) is 18.2. The molecule has 1 saturated heterocycles. The quantitative estimate of drug-likeness (QED) is 0.275. The van der Waals surface area contributed by atoms with Crippen molar-refractivity contribution in [3.8, 4) is 0 Å². The fraction of sp³-hybridized carbons (Fsp3) is 0.632. The summed E-state index contributed by atoms with van der Waals surface area (Å²) < 4.78 is 40.7. The van der Waals surface area contributed by atoms with Gasteiger partial charge < -0.3 is 15.0 Å². The van der Waals surface area contributed by atoms with Crippen LogP contribution in [0.3, 0.4) is 0 Å². The number of aliphatic imine (C=N–C) groups is 1. The zero-order valence-electron chi connectivity index (χ0n) is 15.8. The van der Waals surface area contributed by atoms with E-state index in [0.717, 1.165) is 25.5 Å². The Labute approximate surface area is 176 Å². The molecule has 1 aromatic rings. The number of likely N-dealkylation sites (tertiary alicyclic amines) is 1. The van der Waals surface area contributed by atoms with Crippen molar-refractivity contribution >= 4 is 29.9 Å². The minimum absolute atomic E-state index is 0. The van der Waals surface area contributed by atoms with Gasteiger partial charge in [0.2, 0.25) is 0 Å². The van der Waals surface area contributed by atoms with Crippen molar-refractivity contribution < 1.29 is 17.9 Å². The molecule has 1 heterocycles. The number of benzene rings is 1. The van der Waals surface area contributed by atoms with Gasteiger partial charge >= 0.3 is 6.18 Å². The van der Waals surface area contributed by atoms with E-state index in [1.165, 1.54) is 5.56 Å². The van der Waals surface area contributed by atoms with Crippen molar-refractivity contribution in [1.29, 1.82) is 0 Å². The lowest BCUT2D eigenvalue weighted by molar-refractivity contribution is -0.173. The number of nitrogens with zero attached hydrogens (tertiary/aromatic N) is 2. The Morgan fingerprint density at radius 3 is 2.59 bits per heavy atom. The number of ether oxygens (including phenoxy) is 1. The Hall–Kier alpha value is -1.03. The number of piperidine rings is 1. The van der Waals surface area contributed by atoms with Crippen molar-refractivity contribution in [1.82, 2.24) is 10.2 Å². The molecule has 8 heteroatoms. The van der Waals surface area contributed by atoms with E-state index in [-0.39, 0.29) is 30.6 Å². The minimum Gasteiger partial charge on any atom is -0.372 e. The minimum atomic E-state index is -4.26. The van der Waals surface area contributed by atoms with Crippen LogP contribution in [0.15, 0.2) is 35.3 Å². The van der Waals surface area contributed by atoms with Crippen molar-refractivity contribution in [2.24, 2.45) is 10.9 Å². The zero-order chi connectivity index (χ0) is 19.0. The number of nitrogens with one attached hydrogen (secondary N) is 1. The Morgan fingerprint density at radius 1 is 1.30 bits per heavy atom. The predicted octanol–water partition coefficient (Wildman–Crippen LogP) is 4.27. The third kappa shape index (κ3) is 8.25. The van der Waals surface area contributed by atoms with E-state index in [1.54, 1.807) is 7.05 Å². The van der Waals surface area contributed by atoms with Gasteiger partial charge in [0.15, 0.2) is 5.96 Å². The molecule has 154 valence electrons. The third-order valence-corrected chi connectivity index (χ3v) is 4.66. The number of halogens is 4. The highest BCUT2D eigenvalue weighted by Crippen LogP contribution is 2.32. The summed E-state index contributed by atoms with van der Waals surface area (Å²) in [7, 11) is 1.73. The molecule has 0 bridgehead atoms. The molecule has 0 spiro atoms. The lowest BCUT2D eigenvalue weighted by Crippen LogP contribution is -2.48. The number of hydrogen-bond donors (Lipinski definition) is 1. The number of rotatable bonds is 6. The molecule has 1 aromatic carbocycles. The van der Waals surface area contributed by atoms with Gasteiger partial charge in [0.25, 0.3) is 0 Å². The first-order valence-corrected chi connectivity index (χ1v) is 9.05. The summed E-state index contributed by atoms with van der Waals surface area (Å²) in [6.07, 6.45) is -2.70. The predicted molar refractivity (Wildman–Crippen MR) is 113 cm³/mol. The number of hydrogen-bond acceptors (Lipinski definition) is 2. The van der Waals surface area contributed by atoms with Crippen LogP contribution in [-0.2, 0) is 4.74 Å². The van der Waals surface area contributed by atoms with Crippen LogP contribution in [0, 0.1) is 5.92 Å². The Balaban J connectivity index is 0.00000364. The maximum atomic E-state index is 12.0. The first kappa shape index (κ1) is 24.0. The highest BCUT2D eigenvalue weighted by atomic mass is 127. The van der Waals surface area contributed by atoms with E-state index in [9.17, 15) is 13.2 Å². The molecule has 2 atom stereocenters. The van der Waals surface area contributed by atoms with Crippen LogP contribution in [0.25, 0.3) is 0 Å². The summed E-state index contributed by atoms with van der Waals surface area (Å²) in [5.74, 6) is 1.85. The van der Waals surface area contributed by atoms with Gasteiger partial charge in [-0.2, -0.15) is 13.2 Å². The van der Waals surface area contributed by atoms with Crippen LogP contribution in [0.2, 0.25) is 0 Å². The number of alkyl halides is 3. The third-order valence-electron chi connectivity index (χ3n) is 4.66. The smallest absolute Gasteiger partial charge is 0.372 e. The first-order chi connectivity index (χ1) is 12.4. The fourth-order valence-corrected chi connectivity index (χ4v) is 3.43. The van der Waals surface area contributed by atoms with Gasteiger partial charge in [-0.3, -0.25) is 4.99 Å². The molecule has 0 aliphatic carbocycles. The van der Waals surface area contributed by atoms with Crippen LogP contribution < -0.4 is 5.32 Å². The van der Waals surface area contributed by atoms with E-state index in [1.807, 2.05) is 6.07 Å². The molecular formula is C19H29F3IN3O. The van der Waals surface area contributed by atoms with Crippen molar-refractivity contribution in [3.05, 3.63) is 35.9 Å². The van der Waals surface area contributed by atoms with Crippen molar-refractivity contribution in [2.75, 3.05) is 39.9 Å². The molecule has 0 saturated carbocycles. The topological polar surface area (TPSA) is 36.9 Å². The Morgan fingerprint density at radius 2 is 2.00 bits per heavy atom.